The van der Waals surface area contributed by atoms with E-state index >= 15 is 0 Å². The van der Waals surface area contributed by atoms with E-state index in [0.29, 0.717) is 0 Å². The maximum absolute atomic E-state index is 11.9. The summed E-state index contributed by atoms with van der Waals surface area (Å²) in [6.45, 7) is 0. The van der Waals surface area contributed by atoms with Gasteiger partial charge in [-0.1, -0.05) is 18.2 Å². The molecule has 0 radical (unpaired) electrons. The molecule has 8 nitrogen and oxygen atoms in total. The number of aromatic carboxylic acids is 1. The van der Waals surface area contributed by atoms with Gasteiger partial charge in [0.15, 0.2) is 5.69 Å². The normalized spacial score (nSPS) is 10.0. The van der Waals surface area contributed by atoms with Gasteiger partial charge in [-0.2, -0.15) is 0 Å². The second-order valence-corrected chi connectivity index (χ2v) is 3.78. The van der Waals surface area contributed by atoms with E-state index in [4.69, 9.17) is 5.11 Å². The van der Waals surface area contributed by atoms with Crippen LogP contribution in [-0.4, -0.2) is 27.0 Å². The van der Waals surface area contributed by atoms with Crippen molar-refractivity contribution < 1.29 is 14.7 Å². The maximum Gasteiger partial charge on any atom is 0.354 e. The van der Waals surface area contributed by atoms with Crippen molar-refractivity contribution in [3.63, 3.8) is 0 Å². The van der Waals surface area contributed by atoms with Crippen LogP contribution in [0.15, 0.2) is 39.9 Å². The molecule has 0 aliphatic rings. The SMILES string of the molecule is O=C(Nc1c(C(=O)O)[nH]c(=O)[nH]c1=O)c1ccccc1. The lowest BCUT2D eigenvalue weighted by Gasteiger charge is -2.06. The number of anilines is 1. The molecule has 102 valence electrons. The number of hydrogen-bond donors (Lipinski definition) is 4. The maximum atomic E-state index is 11.9. The minimum atomic E-state index is -1.53. The van der Waals surface area contributed by atoms with Crippen LogP contribution in [0.1, 0.15) is 20.8 Å². The standard InChI is InChI=1S/C12H9N3O5/c16-9(6-4-2-1-3-5-6)13-7-8(11(18)19)14-12(20)15-10(7)17/h1-5H,(H,13,16)(H,18,19)(H2,14,15,17,20). The first kappa shape index (κ1) is 13.3. The zero-order chi connectivity index (χ0) is 14.7. The van der Waals surface area contributed by atoms with Crippen LogP contribution in [0.5, 0.6) is 0 Å². The fraction of sp³-hybridized carbons (Fsp3) is 0. The molecule has 2 rings (SSSR count). The third-order valence-electron chi connectivity index (χ3n) is 2.43. The van der Waals surface area contributed by atoms with E-state index in [-0.39, 0.29) is 5.56 Å². The Morgan fingerprint density at radius 3 is 2.30 bits per heavy atom. The van der Waals surface area contributed by atoms with Gasteiger partial charge in [-0.05, 0) is 12.1 Å². The van der Waals surface area contributed by atoms with E-state index in [1.807, 2.05) is 9.97 Å². The zero-order valence-electron chi connectivity index (χ0n) is 9.97. The van der Waals surface area contributed by atoms with Gasteiger partial charge in [0, 0.05) is 5.56 Å². The molecule has 1 heterocycles. The first-order valence-electron chi connectivity index (χ1n) is 5.45. The number of carboxylic acid groups (broad SMARTS) is 1. The highest BCUT2D eigenvalue weighted by Crippen LogP contribution is 2.07. The summed E-state index contributed by atoms with van der Waals surface area (Å²) in [5.41, 5.74) is -2.91. The minimum absolute atomic E-state index is 0.245. The second kappa shape index (κ2) is 5.22. The van der Waals surface area contributed by atoms with Gasteiger partial charge in [0.1, 0.15) is 5.69 Å². The van der Waals surface area contributed by atoms with Crippen molar-refractivity contribution in [2.45, 2.75) is 0 Å². The number of H-pyrrole nitrogens is 2. The van der Waals surface area contributed by atoms with Crippen molar-refractivity contribution in [3.8, 4) is 0 Å². The number of amides is 1. The Kier molecular flexibility index (Phi) is 3.47. The molecule has 0 spiro atoms. The van der Waals surface area contributed by atoms with Gasteiger partial charge in [0.25, 0.3) is 11.5 Å². The molecule has 4 N–H and O–H groups in total. The Labute approximate surface area is 111 Å². The Bertz CT molecular complexity index is 776. The fourth-order valence-electron chi connectivity index (χ4n) is 1.54. The lowest BCUT2D eigenvalue weighted by atomic mass is 10.2. The topological polar surface area (TPSA) is 132 Å². The van der Waals surface area contributed by atoms with Gasteiger partial charge in [0.05, 0.1) is 0 Å². The number of carbonyl (C=O) groups excluding carboxylic acids is 1. The van der Waals surface area contributed by atoms with Gasteiger partial charge in [-0.15, -0.1) is 0 Å². The average molecular weight is 275 g/mol. The van der Waals surface area contributed by atoms with Crippen LogP contribution in [0.2, 0.25) is 0 Å². The van der Waals surface area contributed by atoms with Crippen LogP contribution in [0.4, 0.5) is 5.69 Å². The molecular formula is C12H9N3O5. The summed E-state index contributed by atoms with van der Waals surface area (Å²) in [4.78, 5) is 49.3. The average Bonchev–Trinajstić information content (AvgIpc) is 2.42. The smallest absolute Gasteiger partial charge is 0.354 e. The van der Waals surface area contributed by atoms with E-state index in [2.05, 4.69) is 5.32 Å². The molecule has 1 amide bonds. The zero-order valence-corrected chi connectivity index (χ0v) is 9.97. The van der Waals surface area contributed by atoms with Crippen LogP contribution in [-0.2, 0) is 0 Å². The third-order valence-corrected chi connectivity index (χ3v) is 2.43. The molecule has 0 saturated heterocycles. The number of aromatic nitrogens is 2. The highest BCUT2D eigenvalue weighted by atomic mass is 16.4. The molecule has 0 saturated carbocycles. The molecule has 0 atom stereocenters. The van der Waals surface area contributed by atoms with Gasteiger partial charge < -0.3 is 10.4 Å². The summed E-state index contributed by atoms with van der Waals surface area (Å²) in [6.07, 6.45) is 0. The van der Waals surface area contributed by atoms with Crippen LogP contribution in [0, 0.1) is 0 Å². The Morgan fingerprint density at radius 2 is 1.70 bits per heavy atom. The van der Waals surface area contributed by atoms with Crippen molar-refractivity contribution in [2.24, 2.45) is 0 Å². The Hall–Kier alpha value is -3.16. The minimum Gasteiger partial charge on any atom is -0.477 e. The summed E-state index contributed by atoms with van der Waals surface area (Å²) < 4.78 is 0. The number of carbonyl (C=O) groups is 2. The highest BCUT2D eigenvalue weighted by Gasteiger charge is 2.18. The van der Waals surface area contributed by atoms with E-state index < -0.39 is 34.5 Å². The number of hydrogen-bond acceptors (Lipinski definition) is 4. The molecule has 0 bridgehead atoms. The molecule has 20 heavy (non-hydrogen) atoms. The predicted molar refractivity (Wildman–Crippen MR) is 69.0 cm³/mol. The van der Waals surface area contributed by atoms with Crippen LogP contribution in [0.25, 0.3) is 0 Å². The molecule has 1 aromatic carbocycles. The number of carboxylic acids is 1. The van der Waals surface area contributed by atoms with Crippen LogP contribution in [0.3, 0.4) is 0 Å². The second-order valence-electron chi connectivity index (χ2n) is 3.78. The molecule has 1 aromatic heterocycles. The number of rotatable bonds is 3. The number of aromatic amines is 2. The van der Waals surface area contributed by atoms with Gasteiger partial charge in [-0.3, -0.25) is 19.6 Å². The third kappa shape index (κ3) is 2.64. The van der Waals surface area contributed by atoms with E-state index in [1.54, 1.807) is 18.2 Å². The fourth-order valence-corrected chi connectivity index (χ4v) is 1.54. The summed E-state index contributed by atoms with van der Waals surface area (Å²) in [7, 11) is 0. The highest BCUT2D eigenvalue weighted by molar-refractivity contribution is 6.06. The van der Waals surface area contributed by atoms with Crippen LogP contribution < -0.4 is 16.6 Å². The van der Waals surface area contributed by atoms with Crippen molar-refractivity contribution in [2.75, 3.05) is 5.32 Å². The van der Waals surface area contributed by atoms with Crippen molar-refractivity contribution >= 4 is 17.6 Å². The molecule has 8 heteroatoms. The van der Waals surface area contributed by atoms with E-state index in [0.717, 1.165) is 0 Å². The summed E-state index contributed by atoms with van der Waals surface area (Å²) in [5, 5.41) is 11.1. The number of benzene rings is 1. The lowest BCUT2D eigenvalue weighted by molar-refractivity contribution is 0.0691. The van der Waals surface area contributed by atoms with Gasteiger partial charge in [-0.25, -0.2) is 9.59 Å². The van der Waals surface area contributed by atoms with E-state index in [1.165, 1.54) is 12.1 Å². The molecule has 0 aliphatic carbocycles. The van der Waals surface area contributed by atoms with Gasteiger partial charge >= 0.3 is 11.7 Å². The van der Waals surface area contributed by atoms with Crippen molar-refractivity contribution in [3.05, 3.63) is 62.4 Å². The molecule has 2 aromatic rings. The first-order chi connectivity index (χ1) is 9.49. The summed E-state index contributed by atoms with van der Waals surface area (Å²) in [6, 6.07) is 7.92. The molecule has 0 aliphatic heterocycles. The van der Waals surface area contributed by atoms with Crippen molar-refractivity contribution in [1.29, 1.82) is 0 Å². The summed E-state index contributed by atoms with van der Waals surface area (Å²) in [5.74, 6) is -2.19. The monoisotopic (exact) mass is 275 g/mol. The largest absolute Gasteiger partial charge is 0.477 e. The van der Waals surface area contributed by atoms with E-state index in [9.17, 15) is 19.2 Å². The first-order valence-corrected chi connectivity index (χ1v) is 5.45. The predicted octanol–water partition coefficient (Wildman–Crippen LogP) is 0.0137. The number of nitrogens with one attached hydrogen (secondary N) is 3. The Morgan fingerprint density at radius 1 is 1.05 bits per heavy atom. The Balaban J connectivity index is 2.44. The molecule has 0 unspecified atom stereocenters. The quantitative estimate of drug-likeness (QED) is 0.626. The molecule has 0 fully saturated rings. The van der Waals surface area contributed by atoms with Crippen LogP contribution >= 0.6 is 0 Å². The lowest BCUT2D eigenvalue weighted by Crippen LogP contribution is -2.31. The summed E-state index contributed by atoms with van der Waals surface area (Å²) >= 11 is 0. The van der Waals surface area contributed by atoms with Crippen molar-refractivity contribution in [1.82, 2.24) is 9.97 Å². The molecular weight excluding hydrogens is 266 g/mol. The van der Waals surface area contributed by atoms with Gasteiger partial charge in [0.2, 0.25) is 0 Å².